The number of aromatic nitrogens is 2. The lowest BCUT2D eigenvalue weighted by Crippen LogP contribution is -2.38. The summed E-state index contributed by atoms with van der Waals surface area (Å²) in [5, 5.41) is 18.2. The molecule has 0 aliphatic rings. The predicted molar refractivity (Wildman–Crippen MR) is 67.8 cm³/mol. The van der Waals surface area contributed by atoms with E-state index in [1.54, 1.807) is 34.6 Å². The van der Waals surface area contributed by atoms with Crippen LogP contribution in [-0.4, -0.2) is 33.0 Å². The monoisotopic (exact) mass is 269 g/mol. The smallest absolute Gasteiger partial charge is 0.408 e. The van der Waals surface area contributed by atoms with Crippen LogP contribution in [0, 0.1) is 13.8 Å². The summed E-state index contributed by atoms with van der Waals surface area (Å²) in [5.74, 6) is -1.17. The lowest BCUT2D eigenvalue weighted by Gasteiger charge is -2.22. The van der Waals surface area contributed by atoms with Crippen LogP contribution in [0.1, 0.15) is 43.8 Å². The van der Waals surface area contributed by atoms with Crippen LogP contribution in [0.2, 0.25) is 0 Å². The molecular weight excluding hydrogens is 250 g/mol. The van der Waals surface area contributed by atoms with Gasteiger partial charge in [-0.25, -0.2) is 9.59 Å². The van der Waals surface area contributed by atoms with Crippen LogP contribution in [-0.2, 0) is 9.53 Å². The molecule has 3 N–H and O–H groups in total. The first-order chi connectivity index (χ1) is 8.61. The van der Waals surface area contributed by atoms with Gasteiger partial charge in [0.25, 0.3) is 0 Å². The molecule has 0 aromatic carbocycles. The van der Waals surface area contributed by atoms with Crippen molar-refractivity contribution in [2.24, 2.45) is 0 Å². The van der Waals surface area contributed by atoms with E-state index >= 15 is 0 Å². The molecule has 0 saturated carbocycles. The Morgan fingerprint density at radius 1 is 1.37 bits per heavy atom. The van der Waals surface area contributed by atoms with E-state index in [9.17, 15) is 14.7 Å². The van der Waals surface area contributed by atoms with Gasteiger partial charge in [-0.05, 0) is 34.6 Å². The maximum Gasteiger partial charge on any atom is 0.408 e. The molecule has 1 rings (SSSR count). The number of rotatable bonds is 3. The number of amides is 1. The van der Waals surface area contributed by atoms with Gasteiger partial charge in [0.2, 0.25) is 0 Å². The molecule has 106 valence electrons. The average Bonchev–Trinajstić information content (AvgIpc) is 2.52. The van der Waals surface area contributed by atoms with Crippen molar-refractivity contribution in [2.75, 3.05) is 0 Å². The van der Waals surface area contributed by atoms with Crippen molar-refractivity contribution in [1.29, 1.82) is 0 Å². The Kier molecular flexibility index (Phi) is 4.18. The molecule has 1 unspecified atom stereocenters. The van der Waals surface area contributed by atoms with E-state index in [4.69, 9.17) is 4.74 Å². The number of carbonyl (C=O) groups is 2. The molecular formula is C12H19N3O4. The fraction of sp³-hybridized carbons (Fsp3) is 0.583. The van der Waals surface area contributed by atoms with Gasteiger partial charge in [-0.15, -0.1) is 0 Å². The minimum absolute atomic E-state index is 0.443. The van der Waals surface area contributed by atoms with Crippen molar-refractivity contribution < 1.29 is 19.4 Å². The maximum atomic E-state index is 11.7. The van der Waals surface area contributed by atoms with Gasteiger partial charge < -0.3 is 15.2 Å². The van der Waals surface area contributed by atoms with E-state index in [-0.39, 0.29) is 0 Å². The number of hydrogen-bond acceptors (Lipinski definition) is 4. The molecule has 0 aliphatic heterocycles. The molecule has 0 fully saturated rings. The van der Waals surface area contributed by atoms with E-state index in [1.165, 1.54) is 0 Å². The molecule has 1 heterocycles. The lowest BCUT2D eigenvalue weighted by molar-refractivity contribution is -0.139. The van der Waals surface area contributed by atoms with Crippen molar-refractivity contribution in [3.63, 3.8) is 0 Å². The van der Waals surface area contributed by atoms with E-state index < -0.39 is 23.7 Å². The fourth-order valence-corrected chi connectivity index (χ4v) is 1.67. The molecule has 1 aromatic heterocycles. The lowest BCUT2D eigenvalue weighted by atomic mass is 10.1. The number of aryl methyl sites for hydroxylation is 2. The van der Waals surface area contributed by atoms with Gasteiger partial charge in [0.05, 0.1) is 5.69 Å². The summed E-state index contributed by atoms with van der Waals surface area (Å²) in [5.41, 5.74) is 0.883. The predicted octanol–water partition coefficient (Wildman–Crippen LogP) is 1.68. The van der Waals surface area contributed by atoms with Gasteiger partial charge in [-0.1, -0.05) is 0 Å². The van der Waals surface area contributed by atoms with Crippen LogP contribution >= 0.6 is 0 Å². The summed E-state index contributed by atoms with van der Waals surface area (Å²) >= 11 is 0. The molecule has 1 amide bonds. The maximum absolute atomic E-state index is 11.7. The van der Waals surface area contributed by atoms with Crippen molar-refractivity contribution in [2.45, 2.75) is 46.3 Å². The number of hydrogen-bond donors (Lipinski definition) is 3. The second-order valence-electron chi connectivity index (χ2n) is 5.27. The van der Waals surface area contributed by atoms with Crippen molar-refractivity contribution in [1.82, 2.24) is 15.5 Å². The third-order valence-electron chi connectivity index (χ3n) is 2.38. The Balaban J connectivity index is 2.92. The number of aliphatic carboxylic acids is 1. The number of nitrogens with one attached hydrogen (secondary N) is 2. The molecule has 1 aromatic rings. The first-order valence-corrected chi connectivity index (χ1v) is 5.85. The zero-order valence-corrected chi connectivity index (χ0v) is 11.7. The van der Waals surface area contributed by atoms with Crippen LogP contribution < -0.4 is 5.32 Å². The number of aromatic amines is 1. The highest BCUT2D eigenvalue weighted by atomic mass is 16.6. The Hall–Kier alpha value is -2.05. The Morgan fingerprint density at radius 2 is 1.95 bits per heavy atom. The highest BCUT2D eigenvalue weighted by Gasteiger charge is 2.29. The van der Waals surface area contributed by atoms with Gasteiger partial charge in [-0.3, -0.25) is 5.10 Å². The standard InChI is InChI=1S/C12H19N3O4/c1-6-8(7(2)15-14-6)9(10(16)17)13-11(18)19-12(3,4)5/h9H,1-5H3,(H,13,18)(H,14,15)(H,16,17). The summed E-state index contributed by atoms with van der Waals surface area (Å²) in [6.45, 7) is 8.48. The van der Waals surface area contributed by atoms with Gasteiger partial charge in [-0.2, -0.15) is 5.10 Å². The third kappa shape index (κ3) is 3.97. The number of ether oxygens (including phenoxy) is 1. The van der Waals surface area contributed by atoms with Gasteiger partial charge >= 0.3 is 12.1 Å². The van der Waals surface area contributed by atoms with Crippen molar-refractivity contribution in [3.05, 3.63) is 17.0 Å². The number of carboxylic acids is 1. The number of nitrogens with zero attached hydrogens (tertiary/aromatic N) is 1. The zero-order chi connectivity index (χ0) is 14.8. The molecule has 0 radical (unpaired) electrons. The van der Waals surface area contributed by atoms with Crippen LogP contribution in [0.15, 0.2) is 0 Å². The van der Waals surface area contributed by atoms with Crippen LogP contribution in [0.25, 0.3) is 0 Å². The SMILES string of the molecule is Cc1n[nH]c(C)c1C(NC(=O)OC(C)(C)C)C(=O)O. The summed E-state index contributed by atoms with van der Waals surface area (Å²) in [7, 11) is 0. The number of carbonyl (C=O) groups excluding carboxylic acids is 1. The van der Waals surface area contributed by atoms with Crippen LogP contribution in [0.4, 0.5) is 4.79 Å². The number of carboxylic acid groups (broad SMARTS) is 1. The number of H-pyrrole nitrogens is 1. The Labute approximate surface area is 111 Å². The normalized spacial score (nSPS) is 12.9. The molecule has 0 aliphatic carbocycles. The summed E-state index contributed by atoms with van der Waals surface area (Å²) in [6, 6.07) is -1.19. The minimum atomic E-state index is -1.19. The van der Waals surface area contributed by atoms with E-state index in [2.05, 4.69) is 15.5 Å². The van der Waals surface area contributed by atoms with E-state index in [0.29, 0.717) is 17.0 Å². The van der Waals surface area contributed by atoms with Gasteiger partial charge in [0.1, 0.15) is 5.60 Å². The molecule has 1 atom stereocenters. The third-order valence-corrected chi connectivity index (χ3v) is 2.38. The summed E-state index contributed by atoms with van der Waals surface area (Å²) in [6.07, 6.45) is -0.778. The molecule has 0 spiro atoms. The molecule has 7 nitrogen and oxygen atoms in total. The second kappa shape index (κ2) is 5.29. The van der Waals surface area contributed by atoms with Crippen LogP contribution in [0.5, 0.6) is 0 Å². The van der Waals surface area contributed by atoms with Gasteiger partial charge in [0.15, 0.2) is 6.04 Å². The fourth-order valence-electron chi connectivity index (χ4n) is 1.67. The summed E-state index contributed by atoms with van der Waals surface area (Å²) < 4.78 is 5.05. The van der Waals surface area contributed by atoms with E-state index in [0.717, 1.165) is 0 Å². The van der Waals surface area contributed by atoms with Crippen LogP contribution in [0.3, 0.4) is 0 Å². The molecule has 0 saturated heterocycles. The highest BCUT2D eigenvalue weighted by molar-refractivity contribution is 5.82. The van der Waals surface area contributed by atoms with Crippen molar-refractivity contribution in [3.8, 4) is 0 Å². The quantitative estimate of drug-likeness (QED) is 0.774. The molecule has 0 bridgehead atoms. The Morgan fingerprint density at radius 3 is 2.32 bits per heavy atom. The first kappa shape index (κ1) is 15.0. The number of alkyl carbamates (subject to hydrolysis) is 1. The van der Waals surface area contributed by atoms with E-state index in [1.807, 2.05) is 0 Å². The molecule has 19 heavy (non-hydrogen) atoms. The zero-order valence-electron chi connectivity index (χ0n) is 11.7. The second-order valence-corrected chi connectivity index (χ2v) is 5.27. The Bertz CT molecular complexity index is 468. The summed E-state index contributed by atoms with van der Waals surface area (Å²) in [4.78, 5) is 23.0. The van der Waals surface area contributed by atoms with Crippen molar-refractivity contribution >= 4 is 12.1 Å². The highest BCUT2D eigenvalue weighted by Crippen LogP contribution is 2.20. The first-order valence-electron chi connectivity index (χ1n) is 5.85. The topological polar surface area (TPSA) is 104 Å². The largest absolute Gasteiger partial charge is 0.479 e. The van der Waals surface area contributed by atoms with Gasteiger partial charge in [0, 0.05) is 11.3 Å². The molecule has 7 heteroatoms. The average molecular weight is 269 g/mol. The minimum Gasteiger partial charge on any atom is -0.479 e.